The van der Waals surface area contributed by atoms with Crippen molar-refractivity contribution in [1.82, 2.24) is 4.98 Å². The molecular weight excluding hydrogens is 278 g/mol. The number of thioether (sulfide) groups is 1. The monoisotopic (exact) mass is 289 g/mol. The molecule has 1 aliphatic heterocycles. The molecule has 2 heterocycles. The zero-order chi connectivity index (χ0) is 13.7. The molecule has 0 bridgehead atoms. The fourth-order valence-electron chi connectivity index (χ4n) is 2.72. The second-order valence-electron chi connectivity index (χ2n) is 4.76. The first-order valence-electron chi connectivity index (χ1n) is 6.32. The van der Waals surface area contributed by atoms with Crippen LogP contribution in [0.15, 0.2) is 42.5 Å². The molecule has 0 amide bonds. The van der Waals surface area contributed by atoms with Gasteiger partial charge in [-0.2, -0.15) is 0 Å². The van der Waals surface area contributed by atoms with Crippen molar-refractivity contribution in [2.45, 2.75) is 11.1 Å². The molecule has 0 fully saturated rings. The van der Waals surface area contributed by atoms with E-state index in [4.69, 9.17) is 0 Å². The lowest BCUT2D eigenvalue weighted by molar-refractivity contribution is -0.667. The van der Waals surface area contributed by atoms with E-state index in [-0.39, 0.29) is 10.9 Å². The number of para-hydroxylation sites is 2. The van der Waals surface area contributed by atoms with Crippen LogP contribution in [0.5, 0.6) is 0 Å². The zero-order valence-electron chi connectivity index (χ0n) is 10.4. The van der Waals surface area contributed by atoms with Crippen LogP contribution >= 0.6 is 11.8 Å². The third-order valence-electron chi connectivity index (χ3n) is 3.59. The van der Waals surface area contributed by atoms with Crippen LogP contribution in [0.25, 0.3) is 11.0 Å². The van der Waals surface area contributed by atoms with Gasteiger partial charge >= 0.3 is 0 Å². The minimum Gasteiger partial charge on any atom is -0.240 e. The number of nitrogens with zero attached hydrogens (tertiary/aromatic N) is 1. The summed E-state index contributed by atoms with van der Waals surface area (Å²) in [7, 11) is 0. The first kappa shape index (κ1) is 11.9. The molecule has 1 N–H and O–H groups in total. The van der Waals surface area contributed by atoms with E-state index in [0.29, 0.717) is 5.75 Å². The maximum Gasteiger partial charge on any atom is 0.266 e. The van der Waals surface area contributed by atoms with Crippen LogP contribution < -0.4 is 4.57 Å². The fourth-order valence-corrected chi connectivity index (χ4v) is 4.02. The van der Waals surface area contributed by atoms with Gasteiger partial charge in [0.05, 0.1) is 11.3 Å². The van der Waals surface area contributed by atoms with E-state index in [1.165, 1.54) is 30.0 Å². The highest BCUT2D eigenvalue weighted by Gasteiger charge is 2.37. The molecule has 0 saturated heterocycles. The van der Waals surface area contributed by atoms with Gasteiger partial charge in [-0.1, -0.05) is 30.0 Å². The normalized spacial score (nSPS) is 17.6. The summed E-state index contributed by atoms with van der Waals surface area (Å²) in [6.45, 7) is 0. The van der Waals surface area contributed by atoms with Gasteiger partial charge in [-0.25, -0.2) is 18.3 Å². The number of rotatable bonds is 1. The van der Waals surface area contributed by atoms with E-state index in [1.807, 2.05) is 28.8 Å². The summed E-state index contributed by atoms with van der Waals surface area (Å²) in [5.74, 6) is 0.720. The molecule has 5 heteroatoms. The molecule has 0 unspecified atom stereocenters. The largest absolute Gasteiger partial charge is 0.266 e. The van der Waals surface area contributed by atoms with Crippen molar-refractivity contribution < 1.29 is 13.3 Å². The van der Waals surface area contributed by atoms with Gasteiger partial charge in [0.15, 0.2) is 16.4 Å². The second kappa shape index (κ2) is 4.31. The topological polar surface area (TPSA) is 19.7 Å². The average molecular weight is 289 g/mol. The van der Waals surface area contributed by atoms with Gasteiger partial charge in [-0.3, -0.25) is 0 Å². The van der Waals surface area contributed by atoms with E-state index in [1.54, 1.807) is 0 Å². The summed E-state index contributed by atoms with van der Waals surface area (Å²) in [4.78, 5) is 3.31. The summed E-state index contributed by atoms with van der Waals surface area (Å²) in [5.41, 5.74) is 2.09. The van der Waals surface area contributed by atoms with Crippen molar-refractivity contribution in [3.63, 3.8) is 0 Å². The molecule has 1 aliphatic rings. The first-order valence-corrected chi connectivity index (χ1v) is 7.37. The van der Waals surface area contributed by atoms with Gasteiger partial charge in [0.25, 0.3) is 5.82 Å². The van der Waals surface area contributed by atoms with Gasteiger partial charge in [0.2, 0.25) is 0 Å². The van der Waals surface area contributed by atoms with Crippen LogP contribution in [0.2, 0.25) is 0 Å². The Bertz CT molecular complexity index is 792. The summed E-state index contributed by atoms with van der Waals surface area (Å²) < 4.78 is 30.0. The van der Waals surface area contributed by atoms with Crippen molar-refractivity contribution in [3.05, 3.63) is 65.5 Å². The molecular formula is C15H11F2N2S+. The maximum absolute atomic E-state index is 14.0. The van der Waals surface area contributed by atoms with Gasteiger partial charge in [-0.05, 0) is 24.3 Å². The lowest BCUT2D eigenvalue weighted by Crippen LogP contribution is -2.37. The van der Waals surface area contributed by atoms with Crippen LogP contribution in [0.4, 0.5) is 8.78 Å². The molecule has 0 aliphatic carbocycles. The van der Waals surface area contributed by atoms with E-state index >= 15 is 0 Å². The number of aromatic nitrogens is 2. The minimum atomic E-state index is -0.492. The fraction of sp³-hybridized carbons (Fsp3) is 0.133. The summed E-state index contributed by atoms with van der Waals surface area (Å²) in [6, 6.07) is 11.8. The lowest BCUT2D eigenvalue weighted by Gasteiger charge is -2.10. The van der Waals surface area contributed by atoms with E-state index in [0.717, 1.165) is 16.9 Å². The summed E-state index contributed by atoms with van der Waals surface area (Å²) in [6.07, 6.45) is 0. The predicted octanol–water partition coefficient (Wildman–Crippen LogP) is 3.53. The molecule has 1 aromatic heterocycles. The SMILES string of the molecule is Fc1cccc(F)c1[C@@H]1SCc2[nH]c3ccccc3[n+]21. The smallest absolute Gasteiger partial charge is 0.240 e. The number of fused-ring (bicyclic) bond motifs is 3. The van der Waals surface area contributed by atoms with Gasteiger partial charge in [0, 0.05) is 0 Å². The van der Waals surface area contributed by atoms with E-state index in [9.17, 15) is 8.78 Å². The number of H-pyrrole nitrogens is 1. The first-order chi connectivity index (χ1) is 9.75. The van der Waals surface area contributed by atoms with Crippen LogP contribution in [0, 0.1) is 11.6 Å². The molecule has 1 atom stereocenters. The number of nitrogens with one attached hydrogen (secondary N) is 1. The molecule has 2 nitrogen and oxygen atoms in total. The standard InChI is InChI=1S/C15H10F2N2S/c16-9-4-3-5-10(17)14(9)15-19-12-7-2-1-6-11(12)18-13(19)8-20-15/h1-7,15H,8H2/p+1/t15-/m0/s1. The molecule has 3 aromatic rings. The second-order valence-corrected chi connectivity index (χ2v) is 5.83. The molecule has 4 rings (SSSR count). The Hall–Kier alpha value is -1.88. The number of benzene rings is 2. The van der Waals surface area contributed by atoms with Crippen LogP contribution in [0.3, 0.4) is 0 Å². The molecule has 0 radical (unpaired) electrons. The quantitative estimate of drug-likeness (QED) is 0.679. The van der Waals surface area contributed by atoms with Gasteiger partial charge in [-0.15, -0.1) is 0 Å². The third-order valence-corrected chi connectivity index (χ3v) is 4.79. The maximum atomic E-state index is 14.0. The van der Waals surface area contributed by atoms with E-state index < -0.39 is 11.6 Å². The number of hydrogen-bond donors (Lipinski definition) is 1. The highest BCUT2D eigenvalue weighted by Crippen LogP contribution is 2.37. The number of imidazole rings is 1. The molecule has 100 valence electrons. The Kier molecular flexibility index (Phi) is 2.57. The van der Waals surface area contributed by atoms with Gasteiger partial charge in [0.1, 0.15) is 11.6 Å². The molecule has 0 saturated carbocycles. The Balaban J connectivity index is 1.97. The van der Waals surface area contributed by atoms with Crippen molar-refractivity contribution in [3.8, 4) is 0 Å². The van der Waals surface area contributed by atoms with Gasteiger partial charge < -0.3 is 0 Å². The van der Waals surface area contributed by atoms with Crippen molar-refractivity contribution in [1.29, 1.82) is 0 Å². The highest BCUT2D eigenvalue weighted by atomic mass is 32.2. The molecule has 0 spiro atoms. The van der Waals surface area contributed by atoms with Crippen LogP contribution in [-0.2, 0) is 5.75 Å². The average Bonchev–Trinajstić information content (AvgIpc) is 2.98. The van der Waals surface area contributed by atoms with Crippen molar-refractivity contribution >= 4 is 22.8 Å². The zero-order valence-corrected chi connectivity index (χ0v) is 11.3. The van der Waals surface area contributed by atoms with Crippen LogP contribution in [0.1, 0.15) is 16.8 Å². The Morgan fingerprint density at radius 3 is 2.60 bits per heavy atom. The summed E-state index contributed by atoms with van der Waals surface area (Å²) >= 11 is 1.53. The van der Waals surface area contributed by atoms with Crippen molar-refractivity contribution in [2.75, 3.05) is 0 Å². The molecule has 2 aromatic carbocycles. The summed E-state index contributed by atoms with van der Waals surface area (Å²) in [5, 5.41) is -0.359. The minimum absolute atomic E-state index is 0.131. The third kappa shape index (κ3) is 1.59. The van der Waals surface area contributed by atoms with E-state index in [2.05, 4.69) is 4.98 Å². The predicted molar refractivity (Wildman–Crippen MR) is 74.3 cm³/mol. The molecule has 20 heavy (non-hydrogen) atoms. The number of hydrogen-bond acceptors (Lipinski definition) is 1. The Morgan fingerprint density at radius 2 is 1.80 bits per heavy atom. The lowest BCUT2D eigenvalue weighted by atomic mass is 10.2. The number of halogens is 2. The Morgan fingerprint density at radius 1 is 1.05 bits per heavy atom. The van der Waals surface area contributed by atoms with Crippen LogP contribution in [-0.4, -0.2) is 4.98 Å². The van der Waals surface area contributed by atoms with Crippen molar-refractivity contribution in [2.24, 2.45) is 0 Å². The number of aromatic amines is 1. The Labute approximate surface area is 118 Å². The highest BCUT2D eigenvalue weighted by molar-refractivity contribution is 7.98.